The fourth-order valence-corrected chi connectivity index (χ4v) is 1.48. The highest BCUT2D eigenvalue weighted by atomic mass is 16.5. The van der Waals surface area contributed by atoms with Crippen LogP contribution in [0.4, 0.5) is 0 Å². The fraction of sp³-hybridized carbons (Fsp3) is 0.308. The van der Waals surface area contributed by atoms with Gasteiger partial charge in [-0.1, -0.05) is 18.2 Å². The largest absolute Gasteiger partial charge is 0.489 e. The van der Waals surface area contributed by atoms with Gasteiger partial charge in [0.15, 0.2) is 0 Å². The molecule has 3 N–H and O–H groups in total. The third-order valence-corrected chi connectivity index (χ3v) is 2.51. The van der Waals surface area contributed by atoms with E-state index in [1.165, 1.54) is 0 Å². The Kier molecular flexibility index (Phi) is 3.26. The fourth-order valence-electron chi connectivity index (χ4n) is 1.48. The number of fused-ring (bicyclic) bond motifs is 1. The average molecular weight is 232 g/mol. The summed E-state index contributed by atoms with van der Waals surface area (Å²) in [5, 5.41) is 10.1. The van der Waals surface area contributed by atoms with Crippen LogP contribution in [0.2, 0.25) is 0 Å². The van der Waals surface area contributed by atoms with Gasteiger partial charge in [0.2, 0.25) is 0 Å². The van der Waals surface area contributed by atoms with Crippen molar-refractivity contribution < 1.29 is 9.84 Å². The topological polar surface area (TPSA) is 68.4 Å². The van der Waals surface area contributed by atoms with E-state index in [1.807, 2.05) is 30.3 Å². The van der Waals surface area contributed by atoms with Crippen LogP contribution in [-0.2, 0) is 0 Å². The maximum absolute atomic E-state index is 9.06. The molecule has 0 aliphatic heterocycles. The number of hydrogen-bond donors (Lipinski definition) is 2. The van der Waals surface area contributed by atoms with Gasteiger partial charge in [-0.25, -0.2) is 0 Å². The normalized spacial score (nSPS) is 14.5. The molecule has 1 aromatic carbocycles. The molecule has 1 unspecified atom stereocenters. The van der Waals surface area contributed by atoms with E-state index in [0.717, 1.165) is 10.9 Å². The highest BCUT2D eigenvalue weighted by molar-refractivity contribution is 5.84. The number of aromatic nitrogens is 1. The van der Waals surface area contributed by atoms with Crippen molar-refractivity contribution in [3.63, 3.8) is 0 Å². The molecule has 0 saturated carbocycles. The molecule has 1 heterocycles. The van der Waals surface area contributed by atoms with Gasteiger partial charge in [0.25, 0.3) is 0 Å². The first-order valence-corrected chi connectivity index (χ1v) is 5.49. The summed E-state index contributed by atoms with van der Waals surface area (Å²) in [5.74, 6) is 0.688. The molecule has 1 aromatic heterocycles. The molecule has 4 heteroatoms. The summed E-state index contributed by atoms with van der Waals surface area (Å²) in [6, 6.07) is 9.59. The Labute approximate surface area is 100 Å². The molecular formula is C13H16N2O2. The predicted octanol–water partition coefficient (Wildman–Crippen LogP) is 1.32. The number of pyridine rings is 1. The van der Waals surface area contributed by atoms with Crippen LogP contribution in [0.5, 0.6) is 5.75 Å². The summed E-state index contributed by atoms with van der Waals surface area (Å²) in [6.45, 7) is 1.87. The van der Waals surface area contributed by atoms with Crippen LogP contribution in [0.25, 0.3) is 10.9 Å². The second kappa shape index (κ2) is 4.69. The lowest BCUT2D eigenvalue weighted by Gasteiger charge is -2.22. The minimum absolute atomic E-state index is 0.120. The number of aliphatic hydroxyl groups excluding tert-OH is 1. The van der Waals surface area contributed by atoms with Crippen LogP contribution in [-0.4, -0.2) is 28.8 Å². The minimum Gasteiger partial charge on any atom is -0.489 e. The molecule has 0 spiro atoms. The smallest absolute Gasteiger partial charge is 0.145 e. The Morgan fingerprint density at radius 2 is 2.12 bits per heavy atom. The Morgan fingerprint density at radius 3 is 2.88 bits per heavy atom. The van der Waals surface area contributed by atoms with Gasteiger partial charge in [0.05, 0.1) is 12.1 Å². The van der Waals surface area contributed by atoms with Crippen molar-refractivity contribution in [2.75, 3.05) is 13.2 Å². The van der Waals surface area contributed by atoms with Crippen molar-refractivity contribution in [2.24, 2.45) is 5.73 Å². The van der Waals surface area contributed by atoms with Crippen LogP contribution in [0.15, 0.2) is 36.5 Å². The minimum atomic E-state index is -0.739. The Bertz CT molecular complexity index is 506. The quantitative estimate of drug-likeness (QED) is 0.834. The second-order valence-corrected chi connectivity index (χ2v) is 4.43. The van der Waals surface area contributed by atoms with Crippen LogP contribution < -0.4 is 10.5 Å². The van der Waals surface area contributed by atoms with Gasteiger partial charge in [-0.3, -0.25) is 4.98 Å². The van der Waals surface area contributed by atoms with Crippen molar-refractivity contribution in [3.8, 4) is 5.75 Å². The zero-order chi connectivity index (χ0) is 12.3. The monoisotopic (exact) mass is 232 g/mol. The SMILES string of the molecule is CC(N)(CO)COc1cccc2cccnc12. The number of aliphatic hydroxyl groups is 1. The van der Waals surface area contributed by atoms with E-state index in [2.05, 4.69) is 4.98 Å². The van der Waals surface area contributed by atoms with Crippen molar-refractivity contribution in [3.05, 3.63) is 36.5 Å². The van der Waals surface area contributed by atoms with Gasteiger partial charge >= 0.3 is 0 Å². The first-order valence-electron chi connectivity index (χ1n) is 5.49. The van der Waals surface area contributed by atoms with E-state index in [4.69, 9.17) is 15.6 Å². The van der Waals surface area contributed by atoms with Crippen LogP contribution >= 0.6 is 0 Å². The van der Waals surface area contributed by atoms with Gasteiger partial charge in [-0.2, -0.15) is 0 Å². The van der Waals surface area contributed by atoms with E-state index in [-0.39, 0.29) is 13.2 Å². The molecule has 90 valence electrons. The number of nitrogens with zero attached hydrogens (tertiary/aromatic N) is 1. The van der Waals surface area contributed by atoms with Crippen LogP contribution in [0, 0.1) is 0 Å². The molecule has 2 rings (SSSR count). The lowest BCUT2D eigenvalue weighted by atomic mass is 10.1. The standard InChI is InChI=1S/C13H16N2O2/c1-13(14,8-16)9-17-11-6-2-4-10-5-3-7-15-12(10)11/h2-7,16H,8-9,14H2,1H3. The Morgan fingerprint density at radius 1 is 1.35 bits per heavy atom. The zero-order valence-electron chi connectivity index (χ0n) is 9.76. The van der Waals surface area contributed by atoms with Gasteiger partial charge in [-0.15, -0.1) is 0 Å². The number of hydrogen-bond acceptors (Lipinski definition) is 4. The molecule has 1 atom stereocenters. The van der Waals surface area contributed by atoms with Crippen molar-refractivity contribution in [2.45, 2.75) is 12.5 Å². The highest BCUT2D eigenvalue weighted by Crippen LogP contribution is 2.23. The molecule has 0 fully saturated rings. The number of rotatable bonds is 4. The van der Waals surface area contributed by atoms with E-state index in [9.17, 15) is 0 Å². The lowest BCUT2D eigenvalue weighted by molar-refractivity contribution is 0.147. The maximum atomic E-state index is 9.06. The molecule has 4 nitrogen and oxygen atoms in total. The average Bonchev–Trinajstić information content (AvgIpc) is 2.36. The lowest BCUT2D eigenvalue weighted by Crippen LogP contribution is -2.45. The third kappa shape index (κ3) is 2.72. The Hall–Kier alpha value is -1.65. The molecule has 0 amide bonds. The Balaban J connectivity index is 2.24. The predicted molar refractivity (Wildman–Crippen MR) is 66.9 cm³/mol. The molecule has 0 aliphatic carbocycles. The molecule has 2 aromatic rings. The summed E-state index contributed by atoms with van der Waals surface area (Å²) >= 11 is 0. The third-order valence-electron chi connectivity index (χ3n) is 2.51. The van der Waals surface area contributed by atoms with Gasteiger partial charge < -0.3 is 15.6 Å². The molecular weight excluding hydrogens is 216 g/mol. The van der Waals surface area contributed by atoms with Crippen molar-refractivity contribution in [1.82, 2.24) is 4.98 Å². The summed E-state index contributed by atoms with van der Waals surface area (Å²) in [4.78, 5) is 4.28. The van der Waals surface area contributed by atoms with Gasteiger partial charge in [0, 0.05) is 11.6 Å². The van der Waals surface area contributed by atoms with Crippen LogP contribution in [0.1, 0.15) is 6.92 Å². The number of benzene rings is 1. The van der Waals surface area contributed by atoms with Gasteiger partial charge in [-0.05, 0) is 19.1 Å². The van der Waals surface area contributed by atoms with E-state index in [0.29, 0.717) is 5.75 Å². The maximum Gasteiger partial charge on any atom is 0.145 e. The molecule has 0 aliphatic rings. The summed E-state index contributed by atoms with van der Waals surface area (Å²) in [7, 11) is 0. The van der Waals surface area contributed by atoms with E-state index >= 15 is 0 Å². The number of nitrogens with two attached hydrogens (primary N) is 1. The molecule has 17 heavy (non-hydrogen) atoms. The summed E-state index contributed by atoms with van der Waals surface area (Å²) < 4.78 is 5.63. The number of para-hydroxylation sites is 1. The van der Waals surface area contributed by atoms with Gasteiger partial charge in [0.1, 0.15) is 17.9 Å². The van der Waals surface area contributed by atoms with E-state index in [1.54, 1.807) is 13.1 Å². The zero-order valence-corrected chi connectivity index (χ0v) is 9.76. The second-order valence-electron chi connectivity index (χ2n) is 4.43. The molecule has 0 radical (unpaired) electrons. The van der Waals surface area contributed by atoms with Crippen LogP contribution in [0.3, 0.4) is 0 Å². The van der Waals surface area contributed by atoms with E-state index < -0.39 is 5.54 Å². The first-order chi connectivity index (χ1) is 8.12. The first kappa shape index (κ1) is 11.8. The highest BCUT2D eigenvalue weighted by Gasteiger charge is 2.18. The molecule has 0 saturated heterocycles. The van der Waals surface area contributed by atoms with Crippen molar-refractivity contribution >= 4 is 10.9 Å². The number of ether oxygens (including phenoxy) is 1. The summed E-state index contributed by atoms with van der Waals surface area (Å²) in [5.41, 5.74) is 5.88. The summed E-state index contributed by atoms with van der Waals surface area (Å²) in [6.07, 6.45) is 1.73. The van der Waals surface area contributed by atoms with Crippen molar-refractivity contribution in [1.29, 1.82) is 0 Å². The molecule has 0 bridgehead atoms.